The topological polar surface area (TPSA) is 12.2 Å². The van der Waals surface area contributed by atoms with E-state index in [1.807, 2.05) is 11.8 Å². The summed E-state index contributed by atoms with van der Waals surface area (Å²) in [6.07, 6.45) is -5.22. The van der Waals surface area contributed by atoms with Gasteiger partial charge in [0, 0.05) is 5.92 Å². The fourth-order valence-corrected chi connectivity index (χ4v) is 3.35. The minimum Gasteiger partial charge on any atom is -0.353 e. The van der Waals surface area contributed by atoms with Crippen molar-refractivity contribution in [1.29, 1.82) is 0 Å². The van der Waals surface area contributed by atoms with E-state index in [0.717, 1.165) is 0 Å². The lowest BCUT2D eigenvalue weighted by molar-refractivity contribution is -0.159. The summed E-state index contributed by atoms with van der Waals surface area (Å²) >= 11 is 0. The molecule has 2 nitrogen and oxygen atoms in total. The van der Waals surface area contributed by atoms with Crippen molar-refractivity contribution in [1.82, 2.24) is 4.90 Å². The fraction of sp³-hybridized carbons (Fsp3) is 1.00. The molecule has 0 aromatic heterocycles. The van der Waals surface area contributed by atoms with E-state index >= 15 is 0 Å². The number of nitrogens with zero attached hydrogens (tertiary/aromatic N) is 1. The third-order valence-electron chi connectivity index (χ3n) is 4.38. The first-order valence-electron chi connectivity index (χ1n) is 5.27. The molecule has 2 heterocycles. The molecule has 1 aliphatic carbocycles. The second kappa shape index (κ2) is 2.20. The number of alkyl halides is 3. The highest BCUT2D eigenvalue weighted by molar-refractivity contribution is 5.40. The molecule has 2 aliphatic heterocycles. The predicted molar refractivity (Wildman–Crippen MR) is 47.1 cm³/mol. The molecule has 5 heteroatoms. The Morgan fingerprint density at radius 2 is 1.93 bits per heavy atom. The van der Waals surface area contributed by atoms with Gasteiger partial charge in [-0.05, 0) is 13.8 Å². The Labute approximate surface area is 86.4 Å². The van der Waals surface area contributed by atoms with Gasteiger partial charge in [-0.15, -0.1) is 0 Å². The highest BCUT2D eigenvalue weighted by Gasteiger charge is 2.93. The monoisotopic (exact) mass is 221 g/mol. The van der Waals surface area contributed by atoms with Gasteiger partial charge < -0.3 is 4.74 Å². The van der Waals surface area contributed by atoms with Crippen molar-refractivity contribution in [2.45, 2.75) is 56.8 Å². The van der Waals surface area contributed by atoms with Crippen molar-refractivity contribution in [3.8, 4) is 0 Å². The SMILES string of the molecule is CC1O[C@@]23C([C@H]2C)N3C1(C)CC(F)(F)F. The maximum Gasteiger partial charge on any atom is 0.390 e. The van der Waals surface area contributed by atoms with Crippen molar-refractivity contribution in [3.05, 3.63) is 0 Å². The van der Waals surface area contributed by atoms with Crippen LogP contribution in [0.5, 0.6) is 0 Å². The van der Waals surface area contributed by atoms with Gasteiger partial charge in [-0.2, -0.15) is 13.2 Å². The van der Waals surface area contributed by atoms with E-state index in [1.165, 1.54) is 0 Å². The Morgan fingerprint density at radius 3 is 2.33 bits per heavy atom. The largest absolute Gasteiger partial charge is 0.390 e. The molecule has 0 aromatic carbocycles. The summed E-state index contributed by atoms with van der Waals surface area (Å²) < 4.78 is 43.1. The van der Waals surface area contributed by atoms with Crippen LogP contribution < -0.4 is 0 Å². The number of ether oxygens (including phenoxy) is 1. The third kappa shape index (κ3) is 0.940. The molecule has 15 heavy (non-hydrogen) atoms. The summed E-state index contributed by atoms with van der Waals surface area (Å²) in [5.41, 5.74) is -1.16. The van der Waals surface area contributed by atoms with Crippen molar-refractivity contribution in [3.63, 3.8) is 0 Å². The Hall–Kier alpha value is -0.290. The molecule has 86 valence electrons. The Balaban J connectivity index is 1.82. The maximum absolute atomic E-state index is 12.5. The lowest BCUT2D eigenvalue weighted by Crippen LogP contribution is -2.47. The quantitative estimate of drug-likeness (QED) is 0.629. The van der Waals surface area contributed by atoms with Crippen LogP contribution in [0.15, 0.2) is 0 Å². The molecule has 0 aromatic rings. The molecule has 2 saturated heterocycles. The van der Waals surface area contributed by atoms with Crippen molar-refractivity contribution < 1.29 is 17.9 Å². The number of morpholine rings is 1. The van der Waals surface area contributed by atoms with E-state index in [-0.39, 0.29) is 17.9 Å². The van der Waals surface area contributed by atoms with E-state index in [0.29, 0.717) is 5.92 Å². The molecule has 3 rings (SSSR count). The Morgan fingerprint density at radius 1 is 1.33 bits per heavy atom. The minimum atomic E-state index is -4.11. The van der Waals surface area contributed by atoms with Gasteiger partial charge >= 0.3 is 6.18 Å². The van der Waals surface area contributed by atoms with Crippen LogP contribution in [-0.4, -0.2) is 34.5 Å². The maximum atomic E-state index is 12.5. The molecule has 1 saturated carbocycles. The van der Waals surface area contributed by atoms with Gasteiger partial charge in [-0.3, -0.25) is 4.90 Å². The van der Waals surface area contributed by atoms with Gasteiger partial charge in [0.15, 0.2) is 0 Å². The molecule has 0 amide bonds. The molecule has 3 aliphatic rings. The molecule has 3 fully saturated rings. The predicted octanol–water partition coefficient (Wildman–Crippen LogP) is 2.15. The standard InChI is InChI=1S/C10H14F3NO/c1-5-7-10(5)14(7)8(3,6(2)15-10)4-9(11,12)13/h5-7H,4H2,1-3H3/t5-,6?,7?,8?,10-,14?/m1/s1. The van der Waals surface area contributed by atoms with E-state index in [4.69, 9.17) is 4.74 Å². The fourth-order valence-electron chi connectivity index (χ4n) is 3.35. The van der Waals surface area contributed by atoms with Crippen LogP contribution in [-0.2, 0) is 4.74 Å². The third-order valence-corrected chi connectivity index (χ3v) is 4.38. The van der Waals surface area contributed by atoms with E-state index in [9.17, 15) is 13.2 Å². The van der Waals surface area contributed by atoms with Gasteiger partial charge in [0.25, 0.3) is 0 Å². The Kier molecular flexibility index (Phi) is 1.45. The normalized spacial score (nSPS) is 61.2. The van der Waals surface area contributed by atoms with Gasteiger partial charge in [0.05, 0.1) is 24.1 Å². The summed E-state index contributed by atoms with van der Waals surface area (Å²) in [4.78, 5) is 1.91. The first kappa shape index (κ1) is 9.90. The summed E-state index contributed by atoms with van der Waals surface area (Å²) in [6.45, 7) is 5.45. The van der Waals surface area contributed by atoms with Crippen LogP contribution in [0.25, 0.3) is 0 Å². The van der Waals surface area contributed by atoms with E-state index in [1.54, 1.807) is 13.8 Å². The zero-order valence-corrected chi connectivity index (χ0v) is 8.93. The Bertz CT molecular complexity index is 331. The summed E-state index contributed by atoms with van der Waals surface area (Å²) in [5.74, 6) is 0.412. The highest BCUT2D eigenvalue weighted by atomic mass is 19.4. The van der Waals surface area contributed by atoms with Gasteiger partial charge in [-0.1, -0.05) is 6.92 Å². The zero-order valence-electron chi connectivity index (χ0n) is 8.93. The second-order valence-corrected chi connectivity index (χ2v) is 5.26. The lowest BCUT2D eigenvalue weighted by Gasteiger charge is -2.33. The smallest absolute Gasteiger partial charge is 0.353 e. The van der Waals surface area contributed by atoms with Crippen molar-refractivity contribution in [2.75, 3.05) is 0 Å². The van der Waals surface area contributed by atoms with Gasteiger partial charge in [0.1, 0.15) is 5.72 Å². The molecule has 0 N–H and O–H groups in total. The second-order valence-electron chi connectivity index (χ2n) is 5.26. The van der Waals surface area contributed by atoms with Crippen molar-refractivity contribution in [2.24, 2.45) is 5.92 Å². The number of hydrogen-bond acceptors (Lipinski definition) is 2. The molecular weight excluding hydrogens is 207 g/mol. The van der Waals surface area contributed by atoms with Gasteiger partial charge in [-0.25, -0.2) is 0 Å². The number of halogens is 3. The molecule has 0 radical (unpaired) electrons. The van der Waals surface area contributed by atoms with E-state index < -0.39 is 18.1 Å². The average molecular weight is 221 g/mol. The van der Waals surface area contributed by atoms with Crippen LogP contribution in [0.2, 0.25) is 0 Å². The number of rotatable bonds is 1. The molecular formula is C10H14F3NO. The molecule has 4 unspecified atom stereocenters. The first-order chi connectivity index (χ1) is 6.73. The summed E-state index contributed by atoms with van der Waals surface area (Å²) in [5, 5.41) is 0. The minimum absolute atomic E-state index is 0.251. The van der Waals surface area contributed by atoms with Crippen molar-refractivity contribution >= 4 is 0 Å². The van der Waals surface area contributed by atoms with Gasteiger partial charge in [0.2, 0.25) is 0 Å². The summed E-state index contributed by atoms with van der Waals surface area (Å²) in [7, 11) is 0. The first-order valence-corrected chi connectivity index (χ1v) is 5.27. The summed E-state index contributed by atoms with van der Waals surface area (Å²) in [6, 6.07) is 0.251. The molecule has 1 spiro atoms. The van der Waals surface area contributed by atoms with Crippen LogP contribution in [0.3, 0.4) is 0 Å². The lowest BCUT2D eigenvalue weighted by atomic mass is 9.91. The molecule has 0 bridgehead atoms. The van der Waals surface area contributed by atoms with Crippen LogP contribution in [0.4, 0.5) is 13.2 Å². The number of hydrogen-bond donors (Lipinski definition) is 0. The average Bonchev–Trinajstić information content (AvgIpc) is 2.83. The number of fused-ring (bicyclic) bond motifs is 1. The molecule has 6 atom stereocenters. The van der Waals surface area contributed by atoms with Crippen LogP contribution >= 0.6 is 0 Å². The zero-order chi connectivity index (χ0) is 11.2. The van der Waals surface area contributed by atoms with Crippen LogP contribution in [0, 0.1) is 5.92 Å². The van der Waals surface area contributed by atoms with Crippen LogP contribution in [0.1, 0.15) is 27.2 Å². The highest BCUT2D eigenvalue weighted by Crippen LogP contribution is 2.76. The van der Waals surface area contributed by atoms with E-state index in [2.05, 4.69) is 0 Å².